The number of thioether (sulfide) groups is 2. The maximum atomic E-state index is 12.3. The number of phenols is 2. The van der Waals surface area contributed by atoms with Crippen molar-refractivity contribution >= 4 is 92.6 Å². The van der Waals surface area contributed by atoms with Crippen LogP contribution >= 0.6 is 23.5 Å². The van der Waals surface area contributed by atoms with E-state index in [9.17, 15) is 69.0 Å². The number of fused-ring (bicyclic) bond motifs is 4. The maximum absolute atomic E-state index is 12.3. The van der Waals surface area contributed by atoms with Crippen molar-refractivity contribution in [1.29, 1.82) is 0 Å². The van der Waals surface area contributed by atoms with Gasteiger partial charge >= 0.3 is 23.9 Å². The molecule has 10 rings (SSSR count). The highest BCUT2D eigenvalue weighted by molar-refractivity contribution is 8.00. The lowest BCUT2D eigenvalue weighted by atomic mass is 9.90. The Morgan fingerprint density at radius 1 is 0.545 bits per heavy atom. The number of aromatic carboxylic acids is 2. The lowest BCUT2D eigenvalue weighted by Gasteiger charge is -2.49. The van der Waals surface area contributed by atoms with Crippen LogP contribution < -0.4 is 22.1 Å². The first-order chi connectivity index (χ1) is 36.7. The molecule has 2 fully saturated rings. The van der Waals surface area contributed by atoms with Crippen molar-refractivity contribution in [1.82, 2.24) is 20.4 Å². The molecule has 0 aliphatic carbocycles. The summed E-state index contributed by atoms with van der Waals surface area (Å²) in [6.45, 7) is 3.38. The Hall–Kier alpha value is -8.70. The summed E-state index contributed by atoms with van der Waals surface area (Å²) in [5.74, 6) is -6.35. The summed E-state index contributed by atoms with van der Waals surface area (Å²) in [6, 6.07) is 31.2. The van der Waals surface area contributed by atoms with E-state index in [-0.39, 0.29) is 28.9 Å². The lowest BCUT2D eigenvalue weighted by molar-refractivity contribution is -0.150. The molecule has 6 aromatic carbocycles. The number of nitrogens with zero attached hydrogens (tertiary/aromatic N) is 2. The normalized spacial score (nSPS) is 19.2. The second-order valence-corrected chi connectivity index (χ2v) is 20.4. The van der Waals surface area contributed by atoms with Crippen molar-refractivity contribution in [3.8, 4) is 11.5 Å². The average molecular weight is 1080 g/mol. The molecule has 0 spiro atoms. The van der Waals surface area contributed by atoms with Gasteiger partial charge in [0, 0.05) is 29.1 Å². The molecule has 4 heterocycles. The number of carboxylic acid groups (broad SMARTS) is 4. The lowest BCUT2D eigenvalue weighted by Crippen LogP contribution is -2.71. The van der Waals surface area contributed by atoms with Crippen LogP contribution in [0.5, 0.6) is 11.5 Å². The van der Waals surface area contributed by atoms with Gasteiger partial charge in [-0.15, -0.1) is 23.5 Å². The van der Waals surface area contributed by atoms with Gasteiger partial charge in [-0.2, -0.15) is 0 Å². The van der Waals surface area contributed by atoms with Gasteiger partial charge in [0.25, 0.3) is 11.8 Å². The third kappa shape index (κ3) is 10.8. The minimum atomic E-state index is -1.28. The van der Waals surface area contributed by atoms with E-state index in [2.05, 4.69) is 10.6 Å². The van der Waals surface area contributed by atoms with Gasteiger partial charge in [-0.1, -0.05) is 109 Å². The molecule has 2 unspecified atom stereocenters. The average Bonchev–Trinajstić information content (AvgIpc) is 3.43. The van der Waals surface area contributed by atoms with Crippen LogP contribution in [0.2, 0.25) is 0 Å². The Kier molecular flexibility index (Phi) is 16.0. The Morgan fingerprint density at radius 2 is 0.883 bits per heavy atom. The number of hydrogen-bond donors (Lipinski definition) is 10. The number of aromatic hydroxyl groups is 2. The highest BCUT2D eigenvalue weighted by Crippen LogP contribution is 2.42. The molecule has 22 heteroatoms. The standard InChI is InChI=1S/C23H16O6.2C16H17N3O4S/c24-20-16(14-7-3-1-5-12(14)9-18(20)22(26)27)11-17-15-8-4-2-6-13(15)10-19(21(17)25)23(28)29;2*1-8-7-24-15-11(14(21)19(15)12(8)16(22)23)18-13(20)10(17)9-5-3-2-4-6-9/h1-10,24-25H,11H2,(H,26,27)(H,28,29);2*2-6,10-11,15H,7,17H2,1H3,(H,18,20)(H,22,23)/t;2*10?,11-,15-/m.11/s1. The number of carbonyl (C=O) groups excluding carboxylic acids is 4. The molecule has 77 heavy (non-hydrogen) atoms. The van der Waals surface area contributed by atoms with Gasteiger partial charge in [0.2, 0.25) is 11.8 Å². The Morgan fingerprint density at radius 3 is 1.22 bits per heavy atom. The van der Waals surface area contributed by atoms with Gasteiger partial charge in [0.1, 0.15) is 68.9 Å². The molecule has 0 saturated carbocycles. The predicted octanol–water partition coefficient (Wildman–Crippen LogP) is 5.28. The topological polar surface area (TPSA) is 341 Å². The number of nitrogens with two attached hydrogens (primary N) is 2. The van der Waals surface area contributed by atoms with Gasteiger partial charge in [-0.05, 0) is 69.8 Å². The van der Waals surface area contributed by atoms with E-state index < -0.39 is 93.9 Å². The molecule has 2 saturated heterocycles. The first kappa shape index (κ1) is 54.6. The zero-order chi connectivity index (χ0) is 55.6. The molecule has 0 aromatic heterocycles. The number of rotatable bonds is 12. The molecule has 6 atom stereocenters. The Bertz CT molecular complexity index is 3260. The minimum absolute atomic E-state index is 0.0154. The van der Waals surface area contributed by atoms with Crippen molar-refractivity contribution in [3.05, 3.63) is 177 Å². The van der Waals surface area contributed by atoms with Crippen LogP contribution in [0.15, 0.2) is 144 Å². The molecule has 4 aliphatic heterocycles. The maximum Gasteiger partial charge on any atom is 0.352 e. The number of benzene rings is 6. The fraction of sp³-hybridized carbons (Fsp3) is 0.200. The van der Waals surface area contributed by atoms with E-state index in [4.69, 9.17) is 11.5 Å². The van der Waals surface area contributed by atoms with E-state index >= 15 is 0 Å². The molecule has 0 bridgehead atoms. The number of aliphatic carboxylic acids is 2. The zero-order valence-corrected chi connectivity index (χ0v) is 42.6. The minimum Gasteiger partial charge on any atom is -0.507 e. The van der Waals surface area contributed by atoms with Crippen LogP contribution in [0.4, 0.5) is 0 Å². The quantitative estimate of drug-likeness (QED) is 0.0697. The van der Waals surface area contributed by atoms with Crippen LogP contribution in [0.25, 0.3) is 21.5 Å². The molecule has 12 N–H and O–H groups in total. The second-order valence-electron chi connectivity index (χ2n) is 18.2. The molecular formula is C55H50N6O14S2. The summed E-state index contributed by atoms with van der Waals surface area (Å²) in [7, 11) is 0. The van der Waals surface area contributed by atoms with Crippen molar-refractivity contribution in [2.75, 3.05) is 11.5 Å². The summed E-state index contributed by atoms with van der Waals surface area (Å²) < 4.78 is 0. The zero-order valence-electron chi connectivity index (χ0n) is 40.9. The van der Waals surface area contributed by atoms with Crippen molar-refractivity contribution in [2.24, 2.45) is 11.5 Å². The first-order valence-electron chi connectivity index (χ1n) is 23.6. The van der Waals surface area contributed by atoms with Crippen LogP contribution in [-0.2, 0) is 35.2 Å². The number of nitrogens with one attached hydrogen (secondary N) is 2. The van der Waals surface area contributed by atoms with Crippen molar-refractivity contribution in [3.63, 3.8) is 0 Å². The summed E-state index contributed by atoms with van der Waals surface area (Å²) in [4.78, 5) is 97.6. The van der Waals surface area contributed by atoms with Crippen LogP contribution in [0.1, 0.15) is 68.9 Å². The Balaban J connectivity index is 0.000000154. The van der Waals surface area contributed by atoms with Crippen molar-refractivity contribution < 1.29 is 69.0 Å². The third-order valence-electron chi connectivity index (χ3n) is 13.3. The number of β-lactam (4-membered cyclic amide) rings is 2. The summed E-state index contributed by atoms with van der Waals surface area (Å²) in [5, 5.41) is 65.9. The number of hydrogen-bond acceptors (Lipinski definition) is 14. The van der Waals surface area contributed by atoms with E-state index in [0.29, 0.717) is 66.5 Å². The Labute approximate surface area is 447 Å². The first-order valence-corrected chi connectivity index (χ1v) is 25.7. The van der Waals surface area contributed by atoms with Crippen molar-refractivity contribution in [2.45, 2.75) is 55.2 Å². The molecule has 4 aliphatic rings. The predicted molar refractivity (Wildman–Crippen MR) is 285 cm³/mol. The molecular weight excluding hydrogens is 1030 g/mol. The van der Waals surface area contributed by atoms with Gasteiger partial charge in [0.05, 0.1) is 0 Å². The molecule has 0 radical (unpaired) electrons. The highest BCUT2D eigenvalue weighted by atomic mass is 32.2. The number of carboxylic acids is 4. The van der Waals surface area contributed by atoms with Crippen LogP contribution in [-0.4, -0.2) is 122 Å². The highest BCUT2D eigenvalue weighted by Gasteiger charge is 2.55. The van der Waals surface area contributed by atoms with Gasteiger partial charge in [-0.3, -0.25) is 29.0 Å². The monoisotopic (exact) mass is 1080 g/mol. The second kappa shape index (κ2) is 22.6. The number of carbonyl (C=O) groups is 8. The fourth-order valence-electron chi connectivity index (χ4n) is 9.34. The van der Waals surface area contributed by atoms with Crippen LogP contribution in [0, 0.1) is 0 Å². The van der Waals surface area contributed by atoms with E-state index in [0.717, 1.165) is 0 Å². The van der Waals surface area contributed by atoms with E-state index in [1.165, 1.54) is 45.5 Å². The van der Waals surface area contributed by atoms with E-state index in [1.54, 1.807) is 111 Å². The SMILES string of the molecule is CC1=C(C(=O)O)N2C(=O)[C@@H](NC(=O)C(N)c3ccccc3)[C@H]2SC1.CC1=C(C(=O)O)N2C(=O)[C@@H](NC(=O)C(N)c3ccccc3)[C@H]2SC1.O=C(O)c1cc2ccccc2c(Cc2c(O)c(C(=O)O)cc3ccccc23)c1O. The summed E-state index contributed by atoms with van der Waals surface area (Å²) in [5.41, 5.74) is 14.6. The third-order valence-corrected chi connectivity index (χ3v) is 16.1. The fourth-order valence-corrected chi connectivity index (χ4v) is 11.9. The molecule has 20 nitrogen and oxygen atoms in total. The van der Waals surface area contributed by atoms with Crippen LogP contribution in [0.3, 0.4) is 0 Å². The molecule has 6 aromatic rings. The number of amides is 4. The summed E-state index contributed by atoms with van der Waals surface area (Å²) >= 11 is 2.86. The largest absolute Gasteiger partial charge is 0.507 e. The van der Waals surface area contributed by atoms with Gasteiger partial charge < -0.3 is 52.7 Å². The molecule has 396 valence electrons. The van der Waals surface area contributed by atoms with E-state index in [1.807, 2.05) is 12.1 Å². The van der Waals surface area contributed by atoms with Gasteiger partial charge in [0.15, 0.2) is 0 Å². The van der Waals surface area contributed by atoms with Gasteiger partial charge in [-0.25, -0.2) is 19.2 Å². The summed E-state index contributed by atoms with van der Waals surface area (Å²) in [6.07, 6.45) is -0.0407. The molecule has 4 amide bonds. The smallest absolute Gasteiger partial charge is 0.352 e.